The van der Waals surface area contributed by atoms with Gasteiger partial charge in [-0.05, 0) is 44.5 Å². The van der Waals surface area contributed by atoms with Crippen molar-refractivity contribution in [1.29, 1.82) is 0 Å². The molecule has 1 aromatic rings. The maximum absolute atomic E-state index is 13.7. The molecule has 0 saturated carbocycles. The Kier molecular flexibility index (Phi) is 6.42. The van der Waals surface area contributed by atoms with Gasteiger partial charge >= 0.3 is 6.18 Å². The maximum Gasteiger partial charge on any atom is 0.416 e. The molecule has 2 rings (SSSR count). The zero-order chi connectivity index (χ0) is 16.5. The normalized spacial score (nSPS) is 22.5. The van der Waals surface area contributed by atoms with Crippen LogP contribution in [0.2, 0.25) is 0 Å². The molecule has 0 amide bonds. The van der Waals surface area contributed by atoms with E-state index in [4.69, 9.17) is 0 Å². The summed E-state index contributed by atoms with van der Waals surface area (Å²) in [6.45, 7) is 2.49. The van der Waals surface area contributed by atoms with E-state index in [0.29, 0.717) is 24.6 Å². The summed E-state index contributed by atoms with van der Waals surface area (Å²) in [5.41, 5.74) is -1.20. The van der Waals surface area contributed by atoms with Gasteiger partial charge in [0.15, 0.2) is 0 Å². The Morgan fingerprint density at radius 2 is 1.96 bits per heavy atom. The Bertz CT molecular complexity index is 652. The Labute approximate surface area is 138 Å². The average molecular weight is 377 g/mol. The van der Waals surface area contributed by atoms with E-state index >= 15 is 0 Å². The predicted molar refractivity (Wildman–Crippen MR) is 79.5 cm³/mol. The third kappa shape index (κ3) is 4.79. The van der Waals surface area contributed by atoms with E-state index in [0.717, 1.165) is 13.0 Å². The van der Waals surface area contributed by atoms with Gasteiger partial charge < -0.3 is 5.32 Å². The summed E-state index contributed by atoms with van der Waals surface area (Å²) in [6.07, 6.45) is -3.48. The van der Waals surface area contributed by atoms with Crippen LogP contribution >= 0.6 is 12.4 Å². The number of nitrogens with one attached hydrogen (secondary N) is 2. The van der Waals surface area contributed by atoms with Crippen molar-refractivity contribution in [3.8, 4) is 0 Å². The number of rotatable bonds is 3. The molecule has 132 valence electrons. The quantitative estimate of drug-likeness (QED) is 0.797. The highest BCUT2D eigenvalue weighted by atomic mass is 35.5. The first-order valence-electron chi connectivity index (χ1n) is 6.74. The molecule has 0 aromatic heterocycles. The standard InChI is InChI=1S/C13H16F4N2O2S.ClH/c1-8-11(3-2-6-18-8)19-22(20,21)12-7-9(13(15,16)17)4-5-10(12)14;/h4-5,7-8,11,18-19H,2-3,6H2,1H3;1H. The molecule has 0 spiro atoms. The zero-order valence-corrected chi connectivity index (χ0v) is 13.8. The van der Waals surface area contributed by atoms with Crippen LogP contribution in [-0.2, 0) is 16.2 Å². The Morgan fingerprint density at radius 1 is 1.30 bits per heavy atom. The second-order valence-electron chi connectivity index (χ2n) is 5.26. The lowest BCUT2D eigenvalue weighted by atomic mass is 10.0. The Hall–Kier alpha value is -0.900. The van der Waals surface area contributed by atoms with Crippen LogP contribution in [0, 0.1) is 5.82 Å². The molecule has 2 unspecified atom stereocenters. The SMILES string of the molecule is CC1NCCCC1NS(=O)(=O)c1cc(C(F)(F)F)ccc1F.Cl. The van der Waals surface area contributed by atoms with E-state index in [2.05, 4.69) is 10.0 Å². The minimum Gasteiger partial charge on any atom is -0.313 e. The van der Waals surface area contributed by atoms with Gasteiger partial charge in [-0.1, -0.05) is 0 Å². The molecule has 1 saturated heterocycles. The summed E-state index contributed by atoms with van der Waals surface area (Å²) in [4.78, 5) is -0.986. The van der Waals surface area contributed by atoms with Crippen molar-refractivity contribution in [1.82, 2.24) is 10.0 Å². The summed E-state index contributed by atoms with van der Waals surface area (Å²) in [5.74, 6) is -1.21. The molecule has 1 fully saturated rings. The number of alkyl halides is 3. The third-order valence-electron chi connectivity index (χ3n) is 3.62. The van der Waals surface area contributed by atoms with Crippen LogP contribution in [0.3, 0.4) is 0 Å². The Morgan fingerprint density at radius 3 is 2.52 bits per heavy atom. The predicted octanol–water partition coefficient (Wildman–Crippen LogP) is 2.69. The molecule has 1 aliphatic rings. The monoisotopic (exact) mass is 376 g/mol. The summed E-state index contributed by atoms with van der Waals surface area (Å²) < 4.78 is 78.4. The average Bonchev–Trinajstić information content (AvgIpc) is 2.40. The lowest BCUT2D eigenvalue weighted by molar-refractivity contribution is -0.137. The van der Waals surface area contributed by atoms with Crippen LogP contribution in [0.25, 0.3) is 0 Å². The lowest BCUT2D eigenvalue weighted by Crippen LogP contribution is -2.51. The minimum atomic E-state index is -4.74. The summed E-state index contributed by atoms with van der Waals surface area (Å²) >= 11 is 0. The molecular formula is C13H17ClF4N2O2S. The minimum absolute atomic E-state index is 0. The van der Waals surface area contributed by atoms with Crippen LogP contribution in [-0.4, -0.2) is 27.0 Å². The van der Waals surface area contributed by atoms with Gasteiger partial charge in [0.25, 0.3) is 0 Å². The highest BCUT2D eigenvalue weighted by molar-refractivity contribution is 7.89. The third-order valence-corrected chi connectivity index (χ3v) is 5.12. The number of hydrogen-bond donors (Lipinski definition) is 2. The van der Waals surface area contributed by atoms with Gasteiger partial charge in [-0.25, -0.2) is 17.5 Å². The second kappa shape index (κ2) is 7.33. The van der Waals surface area contributed by atoms with Crippen LogP contribution in [0.1, 0.15) is 25.3 Å². The van der Waals surface area contributed by atoms with E-state index in [-0.39, 0.29) is 18.4 Å². The van der Waals surface area contributed by atoms with Crippen LogP contribution < -0.4 is 10.0 Å². The smallest absolute Gasteiger partial charge is 0.313 e. The van der Waals surface area contributed by atoms with Crippen LogP contribution in [0.4, 0.5) is 17.6 Å². The first-order valence-corrected chi connectivity index (χ1v) is 8.22. The Balaban J connectivity index is 0.00000264. The second-order valence-corrected chi connectivity index (χ2v) is 6.94. The van der Waals surface area contributed by atoms with E-state index in [1.54, 1.807) is 6.92 Å². The molecule has 2 N–H and O–H groups in total. The molecule has 2 atom stereocenters. The van der Waals surface area contributed by atoms with Gasteiger partial charge in [0, 0.05) is 12.1 Å². The first-order chi connectivity index (χ1) is 10.1. The van der Waals surface area contributed by atoms with Crippen LogP contribution in [0.15, 0.2) is 23.1 Å². The van der Waals surface area contributed by atoms with Crippen molar-refractivity contribution in [2.24, 2.45) is 0 Å². The highest BCUT2D eigenvalue weighted by Crippen LogP contribution is 2.31. The van der Waals surface area contributed by atoms with E-state index in [1.165, 1.54) is 0 Å². The molecule has 0 aliphatic carbocycles. The molecular weight excluding hydrogens is 360 g/mol. The summed E-state index contributed by atoms with van der Waals surface area (Å²) in [6, 6.07) is 0.669. The van der Waals surface area contributed by atoms with Crippen LogP contribution in [0.5, 0.6) is 0 Å². The fourth-order valence-electron chi connectivity index (χ4n) is 2.35. The number of halogens is 5. The molecule has 0 bridgehead atoms. The fraction of sp³-hybridized carbons (Fsp3) is 0.538. The number of hydrogen-bond acceptors (Lipinski definition) is 3. The fourth-order valence-corrected chi connectivity index (χ4v) is 3.81. The molecule has 10 heteroatoms. The van der Waals surface area contributed by atoms with Crippen molar-refractivity contribution in [2.75, 3.05) is 6.54 Å². The van der Waals surface area contributed by atoms with Gasteiger partial charge in [0.1, 0.15) is 10.7 Å². The van der Waals surface area contributed by atoms with Crippen molar-refractivity contribution < 1.29 is 26.0 Å². The molecule has 0 radical (unpaired) electrons. The number of sulfonamides is 1. The van der Waals surface area contributed by atoms with Gasteiger partial charge in [-0.3, -0.25) is 0 Å². The number of benzene rings is 1. The van der Waals surface area contributed by atoms with Crippen molar-refractivity contribution in [3.05, 3.63) is 29.6 Å². The molecule has 1 heterocycles. The topological polar surface area (TPSA) is 58.2 Å². The summed E-state index contributed by atoms with van der Waals surface area (Å²) in [7, 11) is -4.37. The zero-order valence-electron chi connectivity index (χ0n) is 12.2. The molecule has 1 aliphatic heterocycles. The van der Waals surface area contributed by atoms with Crippen molar-refractivity contribution in [3.63, 3.8) is 0 Å². The molecule has 4 nitrogen and oxygen atoms in total. The van der Waals surface area contributed by atoms with E-state index < -0.39 is 38.5 Å². The molecule has 23 heavy (non-hydrogen) atoms. The highest BCUT2D eigenvalue weighted by Gasteiger charge is 2.34. The van der Waals surface area contributed by atoms with E-state index in [9.17, 15) is 26.0 Å². The van der Waals surface area contributed by atoms with Gasteiger partial charge in [0.05, 0.1) is 5.56 Å². The van der Waals surface area contributed by atoms with Crippen molar-refractivity contribution >= 4 is 22.4 Å². The van der Waals surface area contributed by atoms with Gasteiger partial charge in [0.2, 0.25) is 10.0 Å². The summed E-state index contributed by atoms with van der Waals surface area (Å²) in [5, 5.41) is 3.06. The van der Waals surface area contributed by atoms with Crippen molar-refractivity contribution in [2.45, 2.75) is 42.9 Å². The number of piperidine rings is 1. The van der Waals surface area contributed by atoms with Gasteiger partial charge in [-0.15, -0.1) is 12.4 Å². The molecule has 1 aromatic carbocycles. The van der Waals surface area contributed by atoms with Gasteiger partial charge in [-0.2, -0.15) is 13.2 Å². The van der Waals surface area contributed by atoms with E-state index in [1.807, 2.05) is 0 Å². The lowest BCUT2D eigenvalue weighted by Gasteiger charge is -2.30. The first kappa shape index (κ1) is 20.1. The largest absolute Gasteiger partial charge is 0.416 e. The maximum atomic E-state index is 13.7.